The van der Waals surface area contributed by atoms with Gasteiger partial charge in [-0.3, -0.25) is 5.92 Å². The molecule has 0 nitrogen and oxygen atoms in total. The summed E-state index contributed by atoms with van der Waals surface area (Å²) in [6, 6.07) is 0. The summed E-state index contributed by atoms with van der Waals surface area (Å²) in [6.07, 6.45) is 7.25. The molecule has 0 heterocycles. The van der Waals surface area contributed by atoms with Crippen molar-refractivity contribution in [3.8, 4) is 11.5 Å². The van der Waals surface area contributed by atoms with Gasteiger partial charge in [-0.05, 0) is 0 Å². The molecule has 0 amide bonds. The molecule has 0 aromatic heterocycles. The first kappa shape index (κ1) is 15.7. The Hall–Kier alpha value is 0.244. The third-order valence-electron chi connectivity index (χ3n) is 1.50. The minimum absolute atomic E-state index is 0. The minimum Gasteiger partial charge on any atom is -0.332 e. The van der Waals surface area contributed by atoms with E-state index in [9.17, 15) is 0 Å². The average molecular weight is 188 g/mol. The fraction of sp³-hybridized carbons (Fsp3) is 0.727. The zero-order valence-electron chi connectivity index (χ0n) is 9.91. The zero-order valence-corrected chi connectivity index (χ0v) is 10.9. The van der Waals surface area contributed by atoms with Gasteiger partial charge in [0.15, 0.2) is 0 Å². The third kappa shape index (κ3) is 15.0. The van der Waals surface area contributed by atoms with Crippen LogP contribution in [0.15, 0.2) is 0 Å². The summed E-state index contributed by atoms with van der Waals surface area (Å²) in [5, 5.41) is 0. The molecule has 0 saturated carbocycles. The maximum Gasteiger partial charge on any atom is 1.00 e. The van der Waals surface area contributed by atoms with E-state index in [4.69, 9.17) is 0 Å². The first-order valence-electron chi connectivity index (χ1n) is 4.90. The van der Waals surface area contributed by atoms with E-state index < -0.39 is 8.07 Å². The van der Waals surface area contributed by atoms with E-state index in [0.717, 1.165) is 0 Å². The van der Waals surface area contributed by atoms with Crippen LogP contribution in [0.1, 0.15) is 32.6 Å². The molecule has 0 radical (unpaired) electrons. The normalized spacial score (nSPS) is 9.54. The second-order valence-corrected chi connectivity index (χ2v) is 8.97. The third-order valence-corrected chi connectivity index (χ3v) is 2.40. The van der Waals surface area contributed by atoms with E-state index in [0.29, 0.717) is 0 Å². The number of unbranched alkanes of at least 4 members (excludes halogenated alkanes) is 4. The summed E-state index contributed by atoms with van der Waals surface area (Å²) in [6.45, 7) is 9.06. The number of hydrogen-bond acceptors (Lipinski definition) is 0. The van der Waals surface area contributed by atoms with Gasteiger partial charge in [-0.15, -0.1) is 0 Å². The van der Waals surface area contributed by atoms with Crippen LogP contribution < -0.4 is 18.9 Å². The Morgan fingerprint density at radius 2 is 1.77 bits per heavy atom. The van der Waals surface area contributed by atoms with Crippen LogP contribution in [0, 0.1) is 17.9 Å². The fourth-order valence-electron chi connectivity index (χ4n) is 0.836. The molecule has 13 heavy (non-hydrogen) atoms. The topological polar surface area (TPSA) is 0 Å². The molecule has 2 heteroatoms. The quantitative estimate of drug-likeness (QED) is 0.263. The summed E-state index contributed by atoms with van der Waals surface area (Å²) in [7, 11) is -1.12. The van der Waals surface area contributed by atoms with Crippen molar-refractivity contribution in [2.75, 3.05) is 0 Å². The van der Waals surface area contributed by atoms with Crippen LogP contribution in [0.2, 0.25) is 19.6 Å². The van der Waals surface area contributed by atoms with Crippen molar-refractivity contribution >= 4 is 8.07 Å². The summed E-state index contributed by atoms with van der Waals surface area (Å²) in [5.41, 5.74) is 3.33. The summed E-state index contributed by atoms with van der Waals surface area (Å²) < 4.78 is 0. The molecule has 0 aromatic rings. The Bertz CT molecular complexity index is 159. The van der Waals surface area contributed by atoms with Gasteiger partial charge >= 0.3 is 18.9 Å². The van der Waals surface area contributed by atoms with Crippen molar-refractivity contribution < 1.29 is 18.9 Å². The van der Waals surface area contributed by atoms with E-state index in [2.05, 4.69) is 44.4 Å². The Labute approximate surface area is 97.1 Å². The van der Waals surface area contributed by atoms with Gasteiger partial charge in [0, 0.05) is 8.07 Å². The SMILES string of the molecule is CCCCC[CH-]C#C[Si](C)(C)C.[Li+]. The van der Waals surface area contributed by atoms with E-state index in [1.165, 1.54) is 25.7 Å². The summed E-state index contributed by atoms with van der Waals surface area (Å²) >= 11 is 0. The maximum atomic E-state index is 3.33. The molecule has 0 aromatic carbocycles. The van der Waals surface area contributed by atoms with Gasteiger partial charge in [-0.2, -0.15) is 6.42 Å². The summed E-state index contributed by atoms with van der Waals surface area (Å²) in [5.74, 6) is 3.17. The van der Waals surface area contributed by atoms with Gasteiger partial charge in [0.1, 0.15) is 0 Å². The van der Waals surface area contributed by atoms with E-state index in [1.54, 1.807) is 0 Å². The zero-order chi connectivity index (χ0) is 9.45. The van der Waals surface area contributed by atoms with Crippen molar-refractivity contribution in [2.24, 2.45) is 0 Å². The number of rotatable bonds is 4. The molecule has 0 aliphatic heterocycles. The molecule has 0 rings (SSSR count). The van der Waals surface area contributed by atoms with Crippen LogP contribution in [0.25, 0.3) is 0 Å². The van der Waals surface area contributed by atoms with Crippen molar-refractivity contribution in [3.05, 3.63) is 6.42 Å². The van der Waals surface area contributed by atoms with Crippen molar-refractivity contribution in [1.29, 1.82) is 0 Å². The molecule has 70 valence electrons. The predicted molar refractivity (Wildman–Crippen MR) is 59.6 cm³/mol. The molecular weight excluding hydrogens is 167 g/mol. The maximum absolute atomic E-state index is 3.33. The van der Waals surface area contributed by atoms with Gasteiger partial charge in [0.05, 0.1) is 0 Å². The Kier molecular flexibility index (Phi) is 10.7. The smallest absolute Gasteiger partial charge is 0.332 e. The van der Waals surface area contributed by atoms with Crippen molar-refractivity contribution in [2.45, 2.75) is 52.2 Å². The van der Waals surface area contributed by atoms with Gasteiger partial charge in [-0.1, -0.05) is 52.2 Å². The van der Waals surface area contributed by atoms with Gasteiger partial charge in [0.2, 0.25) is 0 Å². The van der Waals surface area contributed by atoms with Crippen LogP contribution in [0.3, 0.4) is 0 Å². The molecule has 0 aliphatic rings. The fourth-order valence-corrected chi connectivity index (χ4v) is 1.37. The molecule has 0 N–H and O–H groups in total. The molecule has 0 saturated heterocycles. The summed E-state index contributed by atoms with van der Waals surface area (Å²) in [4.78, 5) is 0. The first-order chi connectivity index (χ1) is 5.56. The average Bonchev–Trinajstić information content (AvgIpc) is 1.94. The largest absolute Gasteiger partial charge is 1.00 e. The predicted octanol–water partition coefficient (Wildman–Crippen LogP) is 0.656. The van der Waals surface area contributed by atoms with E-state index in [-0.39, 0.29) is 18.9 Å². The second-order valence-electron chi connectivity index (χ2n) is 4.22. The second kappa shape index (κ2) is 8.83. The molecular formula is C11H21LiSi. The standard InChI is InChI=1S/C11H21Si.Li/c1-5-6-7-8-9-10-11-12(2,3)4;/h9H,5-8H2,1-4H3;/q-1;+1. The molecule has 0 fully saturated rings. The van der Waals surface area contributed by atoms with Gasteiger partial charge < -0.3 is 5.54 Å². The van der Waals surface area contributed by atoms with E-state index in [1.807, 2.05) is 0 Å². The van der Waals surface area contributed by atoms with Crippen LogP contribution in [0.5, 0.6) is 0 Å². The van der Waals surface area contributed by atoms with Crippen molar-refractivity contribution in [1.82, 2.24) is 0 Å². The van der Waals surface area contributed by atoms with Gasteiger partial charge in [0.25, 0.3) is 0 Å². The Balaban J connectivity index is 0. The molecule has 0 unspecified atom stereocenters. The molecule has 0 atom stereocenters. The minimum atomic E-state index is -1.12. The number of hydrogen-bond donors (Lipinski definition) is 0. The molecule has 0 spiro atoms. The Morgan fingerprint density at radius 3 is 2.23 bits per heavy atom. The van der Waals surface area contributed by atoms with Crippen LogP contribution in [0.4, 0.5) is 0 Å². The van der Waals surface area contributed by atoms with Crippen molar-refractivity contribution in [3.63, 3.8) is 0 Å². The van der Waals surface area contributed by atoms with Gasteiger partial charge in [-0.25, -0.2) is 0 Å². The van der Waals surface area contributed by atoms with E-state index >= 15 is 0 Å². The van der Waals surface area contributed by atoms with Crippen LogP contribution >= 0.6 is 0 Å². The Morgan fingerprint density at radius 1 is 1.15 bits per heavy atom. The van der Waals surface area contributed by atoms with Crippen LogP contribution in [-0.2, 0) is 0 Å². The first-order valence-corrected chi connectivity index (χ1v) is 8.40. The van der Waals surface area contributed by atoms with Crippen LogP contribution in [-0.4, -0.2) is 8.07 Å². The monoisotopic (exact) mass is 188 g/mol. The molecule has 0 aliphatic carbocycles. The molecule has 0 bridgehead atoms.